The van der Waals surface area contributed by atoms with Crippen molar-refractivity contribution < 1.29 is 14.7 Å². The van der Waals surface area contributed by atoms with Crippen molar-refractivity contribution in [2.45, 2.75) is 13.5 Å². The Kier molecular flexibility index (Phi) is 4.32. The van der Waals surface area contributed by atoms with Crippen molar-refractivity contribution in [1.82, 2.24) is 30.2 Å². The number of carbonyl (C=O) groups excluding carboxylic acids is 1. The standard InChI is InChI=1S/C19H16N6O3/c1-10-15(13-6-12-7-14(19(27)28)24-16(12)21-9-13)25-17(23-10)18(26)22-8-11-2-4-20-5-3-11/h2-7,9H,8H2,1H3,(H,21,24)(H,22,26)(H,23,25)(H,27,28). The first-order valence-electron chi connectivity index (χ1n) is 8.47. The zero-order valence-electron chi connectivity index (χ0n) is 14.9. The van der Waals surface area contributed by atoms with Crippen LogP contribution in [0, 0.1) is 6.92 Å². The molecular formula is C19H16N6O3. The number of aromatic nitrogens is 5. The number of H-pyrrole nitrogens is 2. The maximum atomic E-state index is 12.4. The molecule has 4 rings (SSSR count). The van der Waals surface area contributed by atoms with E-state index in [1.165, 1.54) is 6.07 Å². The number of rotatable bonds is 5. The molecule has 4 N–H and O–H groups in total. The number of carbonyl (C=O) groups is 2. The lowest BCUT2D eigenvalue weighted by Gasteiger charge is -2.02. The summed E-state index contributed by atoms with van der Waals surface area (Å²) in [5.41, 5.74) is 3.46. The number of fused-ring (bicyclic) bond motifs is 1. The van der Waals surface area contributed by atoms with Crippen LogP contribution >= 0.6 is 0 Å². The Hall–Kier alpha value is -4.01. The van der Waals surface area contributed by atoms with Gasteiger partial charge in [-0.05, 0) is 36.8 Å². The quantitative estimate of drug-likeness (QED) is 0.422. The van der Waals surface area contributed by atoms with Crippen molar-refractivity contribution in [3.05, 3.63) is 65.6 Å². The van der Waals surface area contributed by atoms with Crippen molar-refractivity contribution in [2.75, 3.05) is 0 Å². The fourth-order valence-electron chi connectivity index (χ4n) is 2.88. The summed E-state index contributed by atoms with van der Waals surface area (Å²) in [6.45, 7) is 2.18. The molecule has 0 fully saturated rings. The molecule has 1 amide bonds. The highest BCUT2D eigenvalue weighted by Crippen LogP contribution is 2.24. The topological polar surface area (TPSA) is 137 Å². The summed E-state index contributed by atoms with van der Waals surface area (Å²) < 4.78 is 0. The van der Waals surface area contributed by atoms with Gasteiger partial charge >= 0.3 is 5.97 Å². The zero-order valence-corrected chi connectivity index (χ0v) is 14.9. The average molecular weight is 376 g/mol. The second-order valence-electron chi connectivity index (χ2n) is 6.25. The highest BCUT2D eigenvalue weighted by molar-refractivity contribution is 5.94. The minimum atomic E-state index is -1.05. The summed E-state index contributed by atoms with van der Waals surface area (Å²) in [4.78, 5) is 41.8. The summed E-state index contributed by atoms with van der Waals surface area (Å²) in [6.07, 6.45) is 4.92. The summed E-state index contributed by atoms with van der Waals surface area (Å²) in [6, 6.07) is 6.94. The van der Waals surface area contributed by atoms with E-state index >= 15 is 0 Å². The van der Waals surface area contributed by atoms with Gasteiger partial charge in [0.25, 0.3) is 5.91 Å². The van der Waals surface area contributed by atoms with Crippen LogP contribution in [0.4, 0.5) is 0 Å². The van der Waals surface area contributed by atoms with Crippen molar-refractivity contribution in [3.8, 4) is 11.3 Å². The average Bonchev–Trinajstić information content (AvgIpc) is 3.30. The highest BCUT2D eigenvalue weighted by atomic mass is 16.4. The number of nitrogens with zero attached hydrogens (tertiary/aromatic N) is 3. The van der Waals surface area contributed by atoms with Gasteiger partial charge in [-0.1, -0.05) is 0 Å². The molecule has 4 aromatic rings. The number of amides is 1. The van der Waals surface area contributed by atoms with E-state index in [1.54, 1.807) is 24.7 Å². The van der Waals surface area contributed by atoms with Crippen LogP contribution in [0.5, 0.6) is 0 Å². The van der Waals surface area contributed by atoms with E-state index in [1.807, 2.05) is 19.1 Å². The molecule has 0 aliphatic carbocycles. The summed E-state index contributed by atoms with van der Waals surface area (Å²) in [5, 5.41) is 12.5. The predicted octanol–water partition coefficient (Wildman–Crippen LogP) is 2.28. The molecule has 9 heteroatoms. The second-order valence-corrected chi connectivity index (χ2v) is 6.25. The second kappa shape index (κ2) is 6.95. The molecule has 9 nitrogen and oxygen atoms in total. The first-order valence-corrected chi connectivity index (χ1v) is 8.47. The SMILES string of the molecule is Cc1[nH]c(C(=O)NCc2ccncc2)nc1-c1cnc2[nH]c(C(=O)O)cc2c1. The van der Waals surface area contributed by atoms with Gasteiger partial charge in [0, 0.05) is 41.8 Å². The van der Waals surface area contributed by atoms with Crippen molar-refractivity contribution >= 4 is 22.9 Å². The Morgan fingerprint density at radius 1 is 1.18 bits per heavy atom. The van der Waals surface area contributed by atoms with Crippen LogP contribution in [-0.2, 0) is 6.54 Å². The molecule has 4 heterocycles. The van der Waals surface area contributed by atoms with Gasteiger partial charge in [-0.3, -0.25) is 9.78 Å². The number of aromatic carboxylic acids is 1. The summed E-state index contributed by atoms with van der Waals surface area (Å²) in [5.74, 6) is -1.18. The number of carboxylic acids is 1. The van der Waals surface area contributed by atoms with Crippen LogP contribution in [0.3, 0.4) is 0 Å². The van der Waals surface area contributed by atoms with Gasteiger partial charge < -0.3 is 20.4 Å². The molecule has 0 spiro atoms. The number of carboxylic acid groups (broad SMARTS) is 1. The van der Waals surface area contributed by atoms with Gasteiger partial charge in [0.15, 0.2) is 5.82 Å². The monoisotopic (exact) mass is 376 g/mol. The molecule has 0 aliphatic heterocycles. The molecule has 0 radical (unpaired) electrons. The van der Waals surface area contributed by atoms with Gasteiger partial charge in [-0.15, -0.1) is 0 Å². The third-order valence-electron chi connectivity index (χ3n) is 4.28. The van der Waals surface area contributed by atoms with Crippen molar-refractivity contribution in [3.63, 3.8) is 0 Å². The van der Waals surface area contributed by atoms with Crippen LogP contribution in [0.15, 0.2) is 42.9 Å². The number of hydrogen-bond acceptors (Lipinski definition) is 5. The Morgan fingerprint density at radius 3 is 2.71 bits per heavy atom. The van der Waals surface area contributed by atoms with Crippen LogP contribution in [0.2, 0.25) is 0 Å². The Labute approximate surface area is 158 Å². The van der Waals surface area contributed by atoms with E-state index in [-0.39, 0.29) is 17.4 Å². The lowest BCUT2D eigenvalue weighted by atomic mass is 10.1. The smallest absolute Gasteiger partial charge is 0.352 e. The summed E-state index contributed by atoms with van der Waals surface area (Å²) in [7, 11) is 0. The Morgan fingerprint density at radius 2 is 1.96 bits per heavy atom. The largest absolute Gasteiger partial charge is 0.477 e. The number of hydrogen-bond donors (Lipinski definition) is 4. The lowest BCUT2D eigenvalue weighted by Crippen LogP contribution is -2.24. The van der Waals surface area contributed by atoms with Crippen molar-refractivity contribution in [2.24, 2.45) is 0 Å². The first-order chi connectivity index (χ1) is 13.5. The molecule has 28 heavy (non-hydrogen) atoms. The molecule has 0 unspecified atom stereocenters. The number of pyridine rings is 2. The van der Waals surface area contributed by atoms with E-state index in [2.05, 4.69) is 30.2 Å². The van der Waals surface area contributed by atoms with Gasteiger partial charge in [0.2, 0.25) is 0 Å². The summed E-state index contributed by atoms with van der Waals surface area (Å²) >= 11 is 0. The van der Waals surface area contributed by atoms with Crippen LogP contribution in [-0.4, -0.2) is 41.9 Å². The van der Waals surface area contributed by atoms with Gasteiger partial charge in [0.1, 0.15) is 11.3 Å². The molecule has 0 aromatic carbocycles. The fourth-order valence-corrected chi connectivity index (χ4v) is 2.88. The Bertz CT molecular complexity index is 1180. The van der Waals surface area contributed by atoms with E-state index in [0.717, 1.165) is 5.56 Å². The normalized spacial score (nSPS) is 10.9. The molecule has 0 bridgehead atoms. The number of imidazole rings is 1. The predicted molar refractivity (Wildman–Crippen MR) is 101 cm³/mol. The molecule has 0 atom stereocenters. The third-order valence-corrected chi connectivity index (χ3v) is 4.28. The Balaban J connectivity index is 1.57. The zero-order chi connectivity index (χ0) is 19.7. The van der Waals surface area contributed by atoms with E-state index in [0.29, 0.717) is 34.5 Å². The molecule has 4 aromatic heterocycles. The minimum absolute atomic E-state index is 0.0644. The van der Waals surface area contributed by atoms with E-state index in [4.69, 9.17) is 5.11 Å². The first kappa shape index (κ1) is 17.4. The lowest BCUT2D eigenvalue weighted by molar-refractivity contribution is 0.0691. The van der Waals surface area contributed by atoms with Crippen molar-refractivity contribution in [1.29, 1.82) is 0 Å². The van der Waals surface area contributed by atoms with Gasteiger partial charge in [-0.25, -0.2) is 14.8 Å². The number of aromatic amines is 2. The number of aryl methyl sites for hydroxylation is 1. The highest BCUT2D eigenvalue weighted by Gasteiger charge is 2.16. The maximum absolute atomic E-state index is 12.4. The molecule has 0 saturated carbocycles. The van der Waals surface area contributed by atoms with Crippen LogP contribution < -0.4 is 5.32 Å². The number of nitrogens with one attached hydrogen (secondary N) is 3. The van der Waals surface area contributed by atoms with E-state index in [9.17, 15) is 9.59 Å². The molecular weight excluding hydrogens is 360 g/mol. The molecule has 0 saturated heterocycles. The third kappa shape index (κ3) is 3.32. The molecule has 0 aliphatic rings. The maximum Gasteiger partial charge on any atom is 0.352 e. The minimum Gasteiger partial charge on any atom is -0.477 e. The van der Waals surface area contributed by atoms with Gasteiger partial charge in [0.05, 0.1) is 5.69 Å². The fraction of sp³-hybridized carbons (Fsp3) is 0.105. The molecule has 140 valence electrons. The van der Waals surface area contributed by atoms with Crippen LogP contribution in [0.1, 0.15) is 32.4 Å². The van der Waals surface area contributed by atoms with E-state index < -0.39 is 5.97 Å². The van der Waals surface area contributed by atoms with Gasteiger partial charge in [-0.2, -0.15) is 0 Å². The van der Waals surface area contributed by atoms with Crippen LogP contribution in [0.25, 0.3) is 22.3 Å².